The number of nitrogens with two attached hydrogens (primary N) is 1. The lowest BCUT2D eigenvalue weighted by Gasteiger charge is -2.12. The summed E-state index contributed by atoms with van der Waals surface area (Å²) in [6.07, 6.45) is 5.33. The van der Waals surface area contributed by atoms with Crippen LogP contribution in [-0.4, -0.2) is 9.97 Å². The summed E-state index contributed by atoms with van der Waals surface area (Å²) in [5.41, 5.74) is 10.5. The normalized spacial score (nSPS) is 12.4. The monoisotopic (exact) mass is 263 g/mol. The van der Waals surface area contributed by atoms with Crippen molar-refractivity contribution in [3.63, 3.8) is 0 Å². The molecule has 0 bridgehead atoms. The van der Waals surface area contributed by atoms with Crippen LogP contribution in [0.1, 0.15) is 23.6 Å². The number of nitrogens with zero attached hydrogens (tertiary/aromatic N) is 2. The van der Waals surface area contributed by atoms with Gasteiger partial charge in [-0.05, 0) is 36.1 Å². The number of aromatic nitrogens is 2. The van der Waals surface area contributed by atoms with Crippen LogP contribution in [0.4, 0.5) is 0 Å². The summed E-state index contributed by atoms with van der Waals surface area (Å²) in [7, 11) is 0. The van der Waals surface area contributed by atoms with Crippen LogP contribution in [0.5, 0.6) is 0 Å². The first-order valence-corrected chi connectivity index (χ1v) is 6.83. The van der Waals surface area contributed by atoms with Crippen molar-refractivity contribution in [2.75, 3.05) is 0 Å². The third kappa shape index (κ3) is 2.83. The number of hydrogen-bond acceptors (Lipinski definition) is 3. The Hall–Kier alpha value is -2.26. The second-order valence-corrected chi connectivity index (χ2v) is 4.94. The van der Waals surface area contributed by atoms with E-state index in [0.29, 0.717) is 0 Å². The lowest BCUT2D eigenvalue weighted by molar-refractivity contribution is 0.652. The summed E-state index contributed by atoms with van der Waals surface area (Å²) < 4.78 is 0. The van der Waals surface area contributed by atoms with E-state index in [-0.39, 0.29) is 6.04 Å². The van der Waals surface area contributed by atoms with Crippen LogP contribution in [0.25, 0.3) is 11.0 Å². The van der Waals surface area contributed by atoms with E-state index in [4.69, 9.17) is 5.73 Å². The van der Waals surface area contributed by atoms with Gasteiger partial charge < -0.3 is 5.73 Å². The van der Waals surface area contributed by atoms with Crippen molar-refractivity contribution < 1.29 is 0 Å². The zero-order valence-electron chi connectivity index (χ0n) is 11.2. The topological polar surface area (TPSA) is 51.8 Å². The van der Waals surface area contributed by atoms with Crippen molar-refractivity contribution in [3.8, 4) is 0 Å². The molecule has 0 saturated carbocycles. The maximum absolute atomic E-state index is 6.29. The molecule has 2 aromatic carbocycles. The van der Waals surface area contributed by atoms with Gasteiger partial charge in [0.05, 0.1) is 11.0 Å². The van der Waals surface area contributed by atoms with Gasteiger partial charge in [0.25, 0.3) is 0 Å². The first kappa shape index (κ1) is 12.8. The number of benzene rings is 2. The van der Waals surface area contributed by atoms with Crippen molar-refractivity contribution in [1.29, 1.82) is 0 Å². The quantitative estimate of drug-likeness (QED) is 0.786. The van der Waals surface area contributed by atoms with E-state index in [1.165, 1.54) is 5.56 Å². The van der Waals surface area contributed by atoms with E-state index in [1.54, 1.807) is 12.4 Å². The van der Waals surface area contributed by atoms with Gasteiger partial charge in [0.15, 0.2) is 0 Å². The predicted octanol–water partition coefficient (Wildman–Crippen LogP) is 3.26. The molecule has 3 aromatic rings. The van der Waals surface area contributed by atoms with Gasteiger partial charge in [-0.3, -0.25) is 9.97 Å². The number of aryl methyl sites for hydroxylation is 1. The zero-order chi connectivity index (χ0) is 13.8. The van der Waals surface area contributed by atoms with Crippen LogP contribution < -0.4 is 5.73 Å². The van der Waals surface area contributed by atoms with Crippen LogP contribution in [0.15, 0.2) is 60.9 Å². The first-order chi connectivity index (χ1) is 9.83. The molecule has 3 nitrogen and oxygen atoms in total. The SMILES string of the molecule is NC(CCc1ccccc1)c1ccc2nccnc2c1. The highest BCUT2D eigenvalue weighted by Crippen LogP contribution is 2.20. The van der Waals surface area contributed by atoms with Crippen LogP contribution in [0, 0.1) is 0 Å². The molecule has 0 saturated heterocycles. The van der Waals surface area contributed by atoms with Gasteiger partial charge in [0, 0.05) is 18.4 Å². The lowest BCUT2D eigenvalue weighted by Crippen LogP contribution is -2.11. The maximum atomic E-state index is 6.29. The minimum atomic E-state index is 0.0293. The number of hydrogen-bond donors (Lipinski definition) is 1. The van der Waals surface area contributed by atoms with Crippen molar-refractivity contribution in [3.05, 3.63) is 72.1 Å². The molecular weight excluding hydrogens is 246 g/mol. The average Bonchev–Trinajstić information content (AvgIpc) is 2.53. The minimum absolute atomic E-state index is 0.0293. The van der Waals surface area contributed by atoms with E-state index in [1.807, 2.05) is 24.3 Å². The van der Waals surface area contributed by atoms with Crippen LogP contribution in [-0.2, 0) is 6.42 Å². The Morgan fingerprint density at radius 3 is 2.45 bits per heavy atom. The smallest absolute Gasteiger partial charge is 0.0890 e. The first-order valence-electron chi connectivity index (χ1n) is 6.83. The number of fused-ring (bicyclic) bond motifs is 1. The fraction of sp³-hybridized carbons (Fsp3) is 0.176. The summed E-state index contributed by atoms with van der Waals surface area (Å²) in [5, 5.41) is 0. The molecule has 0 aliphatic heterocycles. The van der Waals surface area contributed by atoms with Gasteiger partial charge >= 0.3 is 0 Å². The van der Waals surface area contributed by atoms with Gasteiger partial charge in [-0.1, -0.05) is 36.4 Å². The predicted molar refractivity (Wildman–Crippen MR) is 81.2 cm³/mol. The highest BCUT2D eigenvalue weighted by Gasteiger charge is 2.07. The highest BCUT2D eigenvalue weighted by molar-refractivity contribution is 5.74. The van der Waals surface area contributed by atoms with Gasteiger partial charge in [0.1, 0.15) is 0 Å². The Morgan fingerprint density at radius 1 is 0.900 bits per heavy atom. The van der Waals surface area contributed by atoms with E-state index in [0.717, 1.165) is 29.4 Å². The molecule has 3 rings (SSSR count). The van der Waals surface area contributed by atoms with Gasteiger partial charge in [0.2, 0.25) is 0 Å². The molecule has 0 aliphatic rings. The molecule has 0 aliphatic carbocycles. The average molecular weight is 263 g/mol. The zero-order valence-corrected chi connectivity index (χ0v) is 11.2. The van der Waals surface area contributed by atoms with Gasteiger partial charge in [-0.2, -0.15) is 0 Å². The van der Waals surface area contributed by atoms with Crippen molar-refractivity contribution in [1.82, 2.24) is 9.97 Å². The Bertz CT molecular complexity index is 695. The maximum Gasteiger partial charge on any atom is 0.0890 e. The molecule has 20 heavy (non-hydrogen) atoms. The molecule has 1 atom stereocenters. The Labute approximate surface area is 118 Å². The fourth-order valence-corrected chi connectivity index (χ4v) is 2.34. The van der Waals surface area contributed by atoms with Crippen molar-refractivity contribution in [2.24, 2.45) is 5.73 Å². The summed E-state index contributed by atoms with van der Waals surface area (Å²) >= 11 is 0. The Morgan fingerprint density at radius 2 is 1.65 bits per heavy atom. The third-order valence-electron chi connectivity index (χ3n) is 3.51. The molecule has 3 heteroatoms. The van der Waals surface area contributed by atoms with Crippen molar-refractivity contribution in [2.45, 2.75) is 18.9 Å². The number of rotatable bonds is 4. The lowest BCUT2D eigenvalue weighted by atomic mass is 9.99. The van der Waals surface area contributed by atoms with E-state index >= 15 is 0 Å². The minimum Gasteiger partial charge on any atom is -0.324 e. The second kappa shape index (κ2) is 5.80. The molecule has 0 amide bonds. The molecule has 1 heterocycles. The molecule has 0 spiro atoms. The molecule has 2 N–H and O–H groups in total. The standard InChI is InChI=1S/C17H17N3/c18-15(8-6-13-4-2-1-3-5-13)14-7-9-16-17(12-14)20-11-10-19-16/h1-5,7,9-12,15H,6,8,18H2. The van der Waals surface area contributed by atoms with E-state index < -0.39 is 0 Å². The molecule has 1 aromatic heterocycles. The van der Waals surface area contributed by atoms with E-state index in [2.05, 4.69) is 34.2 Å². The molecule has 100 valence electrons. The summed E-state index contributed by atoms with van der Waals surface area (Å²) in [6, 6.07) is 16.5. The summed E-state index contributed by atoms with van der Waals surface area (Å²) in [6.45, 7) is 0. The molecule has 0 radical (unpaired) electrons. The van der Waals surface area contributed by atoms with Crippen molar-refractivity contribution >= 4 is 11.0 Å². The van der Waals surface area contributed by atoms with Crippen LogP contribution in [0.2, 0.25) is 0 Å². The highest BCUT2D eigenvalue weighted by atomic mass is 14.8. The third-order valence-corrected chi connectivity index (χ3v) is 3.51. The largest absolute Gasteiger partial charge is 0.324 e. The summed E-state index contributed by atoms with van der Waals surface area (Å²) in [4.78, 5) is 8.60. The van der Waals surface area contributed by atoms with Crippen LogP contribution in [0.3, 0.4) is 0 Å². The van der Waals surface area contributed by atoms with E-state index in [9.17, 15) is 0 Å². The van der Waals surface area contributed by atoms with Gasteiger partial charge in [-0.25, -0.2) is 0 Å². The summed E-state index contributed by atoms with van der Waals surface area (Å²) in [5.74, 6) is 0. The Kier molecular flexibility index (Phi) is 3.70. The molecular formula is C17H17N3. The second-order valence-electron chi connectivity index (χ2n) is 4.94. The van der Waals surface area contributed by atoms with Gasteiger partial charge in [-0.15, -0.1) is 0 Å². The fourth-order valence-electron chi connectivity index (χ4n) is 2.34. The molecule has 0 fully saturated rings. The Balaban J connectivity index is 1.73. The van der Waals surface area contributed by atoms with Crippen LogP contribution >= 0.6 is 0 Å². The molecule has 1 unspecified atom stereocenters.